The summed E-state index contributed by atoms with van der Waals surface area (Å²) in [6.07, 6.45) is 9.17. The van der Waals surface area contributed by atoms with Gasteiger partial charge in [-0.2, -0.15) is 26.9 Å². The average molecular weight is 360 g/mol. The van der Waals surface area contributed by atoms with Gasteiger partial charge in [0, 0.05) is 8.07 Å². The van der Waals surface area contributed by atoms with E-state index in [0.717, 1.165) is 27.2 Å². The zero-order chi connectivity index (χ0) is 17.1. The molecule has 0 aromatic heterocycles. The molecule has 0 N–H and O–H groups in total. The minimum absolute atomic E-state index is 0. The molecular formula is C17H32O3SiTi. The van der Waals surface area contributed by atoms with E-state index < -0.39 is 8.07 Å². The largest absolute Gasteiger partial charge is 4.00 e. The first-order valence-electron chi connectivity index (χ1n) is 7.54. The predicted octanol–water partition coefficient (Wildman–Crippen LogP) is 1.50. The van der Waals surface area contributed by atoms with E-state index in [0.29, 0.717) is 0 Å². The summed E-state index contributed by atoms with van der Waals surface area (Å²) in [6.45, 7) is 9.79. The summed E-state index contributed by atoms with van der Waals surface area (Å²) in [5, 5.41) is 24.8. The van der Waals surface area contributed by atoms with Crippen molar-refractivity contribution in [1.82, 2.24) is 0 Å². The van der Waals surface area contributed by atoms with Crippen LogP contribution < -0.4 is 15.3 Å². The Balaban J connectivity index is -0.000000463. The summed E-state index contributed by atoms with van der Waals surface area (Å²) < 4.78 is 0. The van der Waals surface area contributed by atoms with E-state index in [1.54, 1.807) is 16.7 Å². The fraction of sp³-hybridized carbons (Fsp3) is 0.765. The molecule has 0 aromatic rings. The minimum Gasteiger partial charge on any atom is -0.857 e. The van der Waals surface area contributed by atoms with Crippen molar-refractivity contribution in [3.8, 4) is 0 Å². The molecule has 0 saturated heterocycles. The predicted molar refractivity (Wildman–Crippen MR) is 87.3 cm³/mol. The van der Waals surface area contributed by atoms with Crippen LogP contribution in [-0.2, 0) is 21.7 Å². The normalized spacial score (nSPS) is 19.0. The molecule has 1 unspecified atom stereocenters. The van der Waals surface area contributed by atoms with Crippen LogP contribution in [0.15, 0.2) is 16.7 Å². The van der Waals surface area contributed by atoms with Crippen LogP contribution in [0.3, 0.4) is 0 Å². The second kappa shape index (κ2) is 14.9. The fourth-order valence-corrected chi connectivity index (χ4v) is 4.37. The topological polar surface area (TPSA) is 69.2 Å². The maximum atomic E-state index is 8.25. The molecule has 0 aliphatic heterocycles. The number of allylic oxidation sites excluding steroid dienone is 4. The zero-order valence-corrected chi connectivity index (χ0v) is 17.9. The molecule has 0 saturated carbocycles. The molecule has 0 bridgehead atoms. The van der Waals surface area contributed by atoms with Crippen molar-refractivity contribution in [2.24, 2.45) is 5.92 Å². The molecule has 3 nitrogen and oxygen atoms in total. The van der Waals surface area contributed by atoms with Crippen molar-refractivity contribution >= 4 is 8.07 Å². The minimum atomic E-state index is -0.955. The van der Waals surface area contributed by atoms with Crippen molar-refractivity contribution in [2.45, 2.75) is 58.3 Å². The fourth-order valence-electron chi connectivity index (χ4n) is 2.83. The van der Waals surface area contributed by atoms with Crippen LogP contribution in [0.1, 0.15) is 32.6 Å². The summed E-state index contributed by atoms with van der Waals surface area (Å²) in [6, 6.07) is 1.35. The SMILES string of the molecule is CC1C(C[Si](C)(C)C)=[C-]C2=C1CCCC2.C[O-].C[O-].C[O-].[Ti+4]. The summed E-state index contributed by atoms with van der Waals surface area (Å²) in [7, 11) is 1.30. The smallest absolute Gasteiger partial charge is 0.857 e. The Morgan fingerprint density at radius 1 is 0.955 bits per heavy atom. The molecule has 0 heterocycles. The Kier molecular flexibility index (Phi) is 18.3. The van der Waals surface area contributed by atoms with E-state index in [1.165, 1.54) is 31.7 Å². The van der Waals surface area contributed by atoms with Gasteiger partial charge in [-0.25, -0.2) is 17.2 Å². The van der Waals surface area contributed by atoms with Crippen LogP contribution in [0, 0.1) is 12.0 Å². The van der Waals surface area contributed by atoms with E-state index in [4.69, 9.17) is 15.3 Å². The molecule has 0 spiro atoms. The molecule has 0 amide bonds. The van der Waals surface area contributed by atoms with E-state index >= 15 is 0 Å². The second-order valence-electron chi connectivity index (χ2n) is 6.32. The van der Waals surface area contributed by atoms with Gasteiger partial charge in [0.25, 0.3) is 0 Å². The van der Waals surface area contributed by atoms with Crippen molar-refractivity contribution in [3.05, 3.63) is 22.8 Å². The van der Waals surface area contributed by atoms with Crippen molar-refractivity contribution in [3.63, 3.8) is 0 Å². The van der Waals surface area contributed by atoms with E-state index in [1.807, 2.05) is 0 Å². The monoisotopic (exact) mass is 360 g/mol. The average Bonchev–Trinajstić information content (AvgIpc) is 2.80. The Hall–Kier alpha value is 0.291. The molecular weight excluding hydrogens is 328 g/mol. The third-order valence-electron chi connectivity index (χ3n) is 3.59. The van der Waals surface area contributed by atoms with Gasteiger partial charge in [0.1, 0.15) is 0 Å². The van der Waals surface area contributed by atoms with Crippen LogP contribution in [0.4, 0.5) is 0 Å². The molecule has 0 fully saturated rings. The summed E-state index contributed by atoms with van der Waals surface area (Å²) in [4.78, 5) is 0. The molecule has 0 aromatic carbocycles. The van der Waals surface area contributed by atoms with Gasteiger partial charge in [-0.1, -0.05) is 64.2 Å². The van der Waals surface area contributed by atoms with Gasteiger partial charge in [0.2, 0.25) is 0 Å². The zero-order valence-electron chi connectivity index (χ0n) is 15.3. The van der Waals surface area contributed by atoms with E-state index in [2.05, 4.69) is 32.6 Å². The van der Waals surface area contributed by atoms with Crippen LogP contribution in [-0.4, -0.2) is 29.4 Å². The van der Waals surface area contributed by atoms with Gasteiger partial charge in [0.05, 0.1) is 0 Å². The van der Waals surface area contributed by atoms with Gasteiger partial charge in [0.15, 0.2) is 0 Å². The Bertz CT molecular complexity index is 333. The molecule has 2 aliphatic carbocycles. The summed E-state index contributed by atoms with van der Waals surface area (Å²) >= 11 is 0. The summed E-state index contributed by atoms with van der Waals surface area (Å²) in [5.41, 5.74) is 4.94. The van der Waals surface area contributed by atoms with Crippen LogP contribution in [0.25, 0.3) is 0 Å². The quantitative estimate of drug-likeness (QED) is 0.554. The second-order valence-corrected chi connectivity index (χ2v) is 11.8. The van der Waals surface area contributed by atoms with E-state index in [9.17, 15) is 0 Å². The Morgan fingerprint density at radius 3 is 1.82 bits per heavy atom. The van der Waals surface area contributed by atoms with Gasteiger partial charge in [-0.15, -0.1) is 0 Å². The maximum absolute atomic E-state index is 8.25. The first-order valence-corrected chi connectivity index (χ1v) is 11.3. The Labute approximate surface area is 153 Å². The molecule has 2 aliphatic rings. The first kappa shape index (κ1) is 27.2. The van der Waals surface area contributed by atoms with Crippen LogP contribution in [0.5, 0.6) is 0 Å². The van der Waals surface area contributed by atoms with Gasteiger partial charge < -0.3 is 15.3 Å². The molecule has 1 atom stereocenters. The van der Waals surface area contributed by atoms with Gasteiger partial charge >= 0.3 is 21.7 Å². The van der Waals surface area contributed by atoms with Crippen molar-refractivity contribution in [2.75, 3.05) is 21.3 Å². The Morgan fingerprint density at radius 2 is 1.41 bits per heavy atom. The first-order chi connectivity index (χ1) is 9.97. The molecule has 22 heavy (non-hydrogen) atoms. The van der Waals surface area contributed by atoms with Crippen LogP contribution in [0.2, 0.25) is 25.7 Å². The van der Waals surface area contributed by atoms with Gasteiger partial charge in [-0.05, 0) is 0 Å². The molecule has 126 valence electrons. The molecule has 0 radical (unpaired) electrons. The molecule has 2 rings (SSSR count). The van der Waals surface area contributed by atoms with Crippen molar-refractivity contribution in [1.29, 1.82) is 0 Å². The molecule has 5 heteroatoms. The van der Waals surface area contributed by atoms with Crippen molar-refractivity contribution < 1.29 is 37.0 Å². The summed E-state index contributed by atoms with van der Waals surface area (Å²) in [5.74, 6) is 0.729. The van der Waals surface area contributed by atoms with Crippen LogP contribution >= 0.6 is 0 Å². The van der Waals surface area contributed by atoms with Gasteiger partial charge in [-0.3, -0.25) is 0 Å². The number of hydrogen-bond acceptors (Lipinski definition) is 3. The van der Waals surface area contributed by atoms with E-state index in [-0.39, 0.29) is 21.7 Å². The third-order valence-corrected chi connectivity index (χ3v) is 5.03. The third kappa shape index (κ3) is 9.43. The number of rotatable bonds is 2. The maximum Gasteiger partial charge on any atom is 4.00 e. The number of hydrogen-bond donors (Lipinski definition) is 0. The standard InChI is InChI=1S/C14H23Si.3CH3O.Ti/c1-11-13(10-15(2,3)4)9-12-7-5-6-8-14(11)12;3*1-2;/h11H,5-8,10H2,1-4H3;3*1H3;/q4*-1;+4.